The number of benzene rings is 1. The maximum Gasteiger partial charge on any atom is 0.140 e. The molecular weight excluding hydrogens is 302 g/mol. The smallest absolute Gasteiger partial charge is 0.140 e. The molecule has 3 heterocycles. The summed E-state index contributed by atoms with van der Waals surface area (Å²) in [6.07, 6.45) is 7.61. The lowest BCUT2D eigenvalue weighted by Gasteiger charge is -2.19. The van der Waals surface area contributed by atoms with Crippen LogP contribution in [-0.4, -0.2) is 47.9 Å². The summed E-state index contributed by atoms with van der Waals surface area (Å²) in [7, 11) is 1.75. The second-order valence-electron chi connectivity index (χ2n) is 6.69. The van der Waals surface area contributed by atoms with Gasteiger partial charge in [0.05, 0.1) is 19.8 Å². The van der Waals surface area contributed by atoms with Gasteiger partial charge in [-0.15, -0.1) is 0 Å². The van der Waals surface area contributed by atoms with Gasteiger partial charge in [0.1, 0.15) is 11.6 Å². The molecule has 2 aliphatic rings. The maximum atomic E-state index is 5.58. The number of nitrogens with zero attached hydrogens (tertiary/aromatic N) is 3. The molecule has 0 aliphatic carbocycles. The first-order valence-corrected chi connectivity index (χ1v) is 8.85. The van der Waals surface area contributed by atoms with Gasteiger partial charge in [0.15, 0.2) is 0 Å². The summed E-state index contributed by atoms with van der Waals surface area (Å²) in [6, 6.07) is 6.82. The fraction of sp³-hybridized carbons (Fsp3) is 0.526. The van der Waals surface area contributed by atoms with Crippen molar-refractivity contribution < 1.29 is 9.47 Å². The van der Waals surface area contributed by atoms with E-state index < -0.39 is 0 Å². The number of aromatic nitrogens is 2. The molecule has 2 aromatic rings. The number of rotatable bonds is 5. The molecule has 4 rings (SSSR count). The van der Waals surface area contributed by atoms with Crippen LogP contribution in [0.25, 0.3) is 11.4 Å². The Labute approximate surface area is 143 Å². The van der Waals surface area contributed by atoms with Gasteiger partial charge in [-0.1, -0.05) is 0 Å². The average molecular weight is 327 g/mol. The van der Waals surface area contributed by atoms with Gasteiger partial charge in [0, 0.05) is 36.7 Å². The molecule has 0 spiro atoms. The van der Waals surface area contributed by atoms with E-state index in [2.05, 4.69) is 38.8 Å². The molecule has 1 atom stereocenters. The predicted octanol–water partition coefficient (Wildman–Crippen LogP) is 3.12. The van der Waals surface area contributed by atoms with Crippen LogP contribution in [0.3, 0.4) is 0 Å². The molecule has 1 unspecified atom stereocenters. The van der Waals surface area contributed by atoms with E-state index in [0.29, 0.717) is 6.04 Å². The predicted molar refractivity (Wildman–Crippen MR) is 93.2 cm³/mol. The Kier molecular flexibility index (Phi) is 4.54. The molecule has 0 radical (unpaired) electrons. The Bertz CT molecular complexity index is 686. The second kappa shape index (κ2) is 6.95. The molecule has 1 aromatic carbocycles. The third kappa shape index (κ3) is 3.06. The van der Waals surface area contributed by atoms with Gasteiger partial charge in [0.25, 0.3) is 0 Å². The molecule has 2 aliphatic heterocycles. The van der Waals surface area contributed by atoms with Crippen LogP contribution in [0.4, 0.5) is 0 Å². The monoisotopic (exact) mass is 327 g/mol. The lowest BCUT2D eigenvalue weighted by atomic mass is 10.1. The Balaban J connectivity index is 1.64. The summed E-state index contributed by atoms with van der Waals surface area (Å²) in [5.41, 5.74) is 2.40. The first-order valence-electron chi connectivity index (χ1n) is 8.85. The van der Waals surface area contributed by atoms with Crippen molar-refractivity contribution in [1.82, 2.24) is 14.5 Å². The van der Waals surface area contributed by atoms with Crippen molar-refractivity contribution in [3.05, 3.63) is 36.2 Å². The largest absolute Gasteiger partial charge is 0.496 e. The van der Waals surface area contributed by atoms with E-state index in [0.717, 1.165) is 43.3 Å². The first kappa shape index (κ1) is 15.7. The van der Waals surface area contributed by atoms with Gasteiger partial charge in [-0.3, -0.25) is 4.90 Å². The Morgan fingerprint density at radius 1 is 1.29 bits per heavy atom. The summed E-state index contributed by atoms with van der Waals surface area (Å²) in [6.45, 7) is 4.93. The van der Waals surface area contributed by atoms with E-state index in [1.54, 1.807) is 7.11 Å². The first-order chi connectivity index (χ1) is 11.8. The molecule has 0 amide bonds. The van der Waals surface area contributed by atoms with E-state index in [-0.39, 0.29) is 0 Å². The van der Waals surface area contributed by atoms with Gasteiger partial charge < -0.3 is 14.0 Å². The summed E-state index contributed by atoms with van der Waals surface area (Å²) in [5.74, 6) is 1.99. The number of ether oxygens (including phenoxy) is 2. The topological polar surface area (TPSA) is 39.5 Å². The second-order valence-corrected chi connectivity index (χ2v) is 6.69. The third-order valence-corrected chi connectivity index (χ3v) is 5.10. The van der Waals surface area contributed by atoms with Crippen molar-refractivity contribution >= 4 is 0 Å². The summed E-state index contributed by atoms with van der Waals surface area (Å²) in [5, 5.41) is 0. The van der Waals surface area contributed by atoms with Crippen LogP contribution >= 0.6 is 0 Å². The lowest BCUT2D eigenvalue weighted by molar-refractivity contribution is 0.187. The van der Waals surface area contributed by atoms with Crippen molar-refractivity contribution in [2.24, 2.45) is 0 Å². The van der Waals surface area contributed by atoms with Crippen LogP contribution in [0.2, 0.25) is 0 Å². The van der Waals surface area contributed by atoms with Crippen molar-refractivity contribution in [2.45, 2.75) is 31.8 Å². The van der Waals surface area contributed by atoms with E-state index in [4.69, 9.17) is 9.47 Å². The molecule has 0 N–H and O–H groups in total. The normalized spacial score (nSPS) is 21.5. The molecular formula is C19H25N3O2. The minimum atomic E-state index is 0.395. The molecule has 5 nitrogen and oxygen atoms in total. The van der Waals surface area contributed by atoms with Crippen molar-refractivity contribution in [1.29, 1.82) is 0 Å². The van der Waals surface area contributed by atoms with Gasteiger partial charge in [-0.25, -0.2) is 4.98 Å². The van der Waals surface area contributed by atoms with Crippen molar-refractivity contribution in [3.63, 3.8) is 0 Å². The number of likely N-dealkylation sites (tertiary alicyclic amines) is 1. The molecule has 0 bridgehead atoms. The zero-order valence-electron chi connectivity index (χ0n) is 14.3. The highest BCUT2D eigenvalue weighted by Crippen LogP contribution is 2.30. The minimum absolute atomic E-state index is 0.395. The highest BCUT2D eigenvalue weighted by molar-refractivity contribution is 5.59. The molecule has 0 saturated carbocycles. The van der Waals surface area contributed by atoms with Crippen LogP contribution in [0.1, 0.15) is 30.9 Å². The summed E-state index contributed by atoms with van der Waals surface area (Å²) < 4.78 is 13.4. The highest BCUT2D eigenvalue weighted by Gasteiger charge is 2.21. The standard InChI is InChI=1S/C19H25N3O2/c1-23-18-5-4-15(12-16(18)13-21-8-2-3-9-21)19-20-7-10-22(19)17-6-11-24-14-17/h4-5,7,10,12,17H,2-3,6,8-9,11,13-14H2,1H3. The van der Waals surface area contributed by atoms with Gasteiger partial charge in [-0.2, -0.15) is 0 Å². The van der Waals surface area contributed by atoms with Crippen LogP contribution < -0.4 is 4.74 Å². The van der Waals surface area contributed by atoms with E-state index in [9.17, 15) is 0 Å². The quantitative estimate of drug-likeness (QED) is 0.846. The number of hydrogen-bond donors (Lipinski definition) is 0. The summed E-state index contributed by atoms with van der Waals surface area (Å²) >= 11 is 0. The molecule has 24 heavy (non-hydrogen) atoms. The van der Waals surface area contributed by atoms with E-state index >= 15 is 0 Å². The molecule has 5 heteroatoms. The minimum Gasteiger partial charge on any atom is -0.496 e. The SMILES string of the molecule is COc1ccc(-c2nccn2C2CCOC2)cc1CN1CCCC1. The Morgan fingerprint density at radius 3 is 2.92 bits per heavy atom. The Morgan fingerprint density at radius 2 is 2.17 bits per heavy atom. The molecule has 128 valence electrons. The zero-order chi connectivity index (χ0) is 16.4. The van der Waals surface area contributed by atoms with E-state index in [1.807, 2.05) is 6.20 Å². The van der Waals surface area contributed by atoms with Gasteiger partial charge in [-0.05, 0) is 50.6 Å². The number of hydrogen-bond acceptors (Lipinski definition) is 4. The van der Waals surface area contributed by atoms with Crippen LogP contribution in [0.15, 0.2) is 30.6 Å². The molecule has 2 saturated heterocycles. The Hall–Kier alpha value is -1.85. The van der Waals surface area contributed by atoms with Crippen LogP contribution in [0.5, 0.6) is 5.75 Å². The number of imidazole rings is 1. The third-order valence-electron chi connectivity index (χ3n) is 5.10. The van der Waals surface area contributed by atoms with Gasteiger partial charge >= 0.3 is 0 Å². The molecule has 2 fully saturated rings. The fourth-order valence-electron chi connectivity index (χ4n) is 3.80. The maximum absolute atomic E-state index is 5.58. The fourth-order valence-corrected chi connectivity index (χ4v) is 3.80. The van der Waals surface area contributed by atoms with Crippen LogP contribution in [-0.2, 0) is 11.3 Å². The van der Waals surface area contributed by atoms with Crippen molar-refractivity contribution in [3.8, 4) is 17.1 Å². The van der Waals surface area contributed by atoms with Crippen LogP contribution in [0, 0.1) is 0 Å². The lowest BCUT2D eigenvalue weighted by Crippen LogP contribution is -2.19. The summed E-state index contributed by atoms with van der Waals surface area (Å²) in [4.78, 5) is 7.11. The van der Waals surface area contributed by atoms with Gasteiger partial charge in [0.2, 0.25) is 0 Å². The highest BCUT2D eigenvalue weighted by atomic mass is 16.5. The average Bonchev–Trinajstić information content (AvgIpc) is 3.35. The zero-order valence-corrected chi connectivity index (χ0v) is 14.3. The van der Waals surface area contributed by atoms with Crippen molar-refractivity contribution in [2.75, 3.05) is 33.4 Å². The number of methoxy groups -OCH3 is 1. The van der Waals surface area contributed by atoms with E-state index in [1.165, 1.54) is 31.5 Å². The molecule has 1 aromatic heterocycles.